The molecule has 2 aromatic carbocycles. The molecule has 0 radical (unpaired) electrons. The number of aromatic carboxylic acids is 2. The minimum atomic E-state index is -1.32. The molecule has 0 spiro atoms. The fraction of sp³-hybridized carbons (Fsp3) is 0.100. The van der Waals surface area contributed by atoms with E-state index in [0.717, 1.165) is 22.7 Å². The summed E-state index contributed by atoms with van der Waals surface area (Å²) < 4.78 is 10.6. The normalized spacial score (nSPS) is 14.9. The molecule has 0 aliphatic carbocycles. The number of carbonyl (C=O) groups excluding carboxylic acids is 1. The molecule has 1 aliphatic rings. The van der Waals surface area contributed by atoms with Crippen molar-refractivity contribution in [3.8, 4) is 11.5 Å². The molecule has 1 aliphatic heterocycles. The van der Waals surface area contributed by atoms with Crippen LogP contribution in [-0.4, -0.2) is 46.6 Å². The second kappa shape index (κ2) is 8.56. The Morgan fingerprint density at radius 2 is 1.67 bits per heavy atom. The standard InChI is InChI=1S/C20H15NO7S2/c1-27-14-4-3-10(15(9-14)28-2)8-16-17(22)21(20(29)30-16)13-6-11(18(23)24)5-12(7-13)19(25)26/h3-9H,1-2H3,(H,23,24)(H,25,26)/b16-8-. The maximum Gasteiger partial charge on any atom is 0.335 e. The number of ether oxygens (including phenoxy) is 2. The van der Waals surface area contributed by atoms with Gasteiger partial charge in [0.2, 0.25) is 0 Å². The molecule has 10 heteroatoms. The van der Waals surface area contributed by atoms with Gasteiger partial charge in [0, 0.05) is 11.6 Å². The van der Waals surface area contributed by atoms with Gasteiger partial charge in [0.15, 0.2) is 4.32 Å². The zero-order chi connectivity index (χ0) is 22.0. The third-order valence-corrected chi connectivity index (χ3v) is 5.49. The third-order valence-electron chi connectivity index (χ3n) is 4.19. The molecule has 0 saturated carbocycles. The maximum atomic E-state index is 13.0. The molecule has 0 unspecified atom stereocenters. The molecule has 0 atom stereocenters. The summed E-state index contributed by atoms with van der Waals surface area (Å²) in [5.41, 5.74) is 0.156. The van der Waals surface area contributed by atoms with Crippen molar-refractivity contribution in [2.24, 2.45) is 0 Å². The quantitative estimate of drug-likeness (QED) is 0.509. The van der Waals surface area contributed by atoms with Gasteiger partial charge < -0.3 is 19.7 Å². The van der Waals surface area contributed by atoms with Crippen LogP contribution in [0.3, 0.4) is 0 Å². The number of amides is 1. The summed E-state index contributed by atoms with van der Waals surface area (Å²) in [4.78, 5) is 37.1. The van der Waals surface area contributed by atoms with Gasteiger partial charge >= 0.3 is 11.9 Å². The van der Waals surface area contributed by atoms with Crippen molar-refractivity contribution in [1.82, 2.24) is 0 Å². The van der Waals surface area contributed by atoms with Crippen molar-refractivity contribution in [2.45, 2.75) is 0 Å². The molecule has 30 heavy (non-hydrogen) atoms. The van der Waals surface area contributed by atoms with E-state index in [1.165, 1.54) is 26.4 Å². The van der Waals surface area contributed by atoms with E-state index in [1.54, 1.807) is 24.3 Å². The molecule has 0 aromatic heterocycles. The number of benzene rings is 2. The van der Waals surface area contributed by atoms with Crippen molar-refractivity contribution in [2.75, 3.05) is 19.1 Å². The Hall–Kier alpha value is -3.37. The Bertz CT molecular complexity index is 1080. The lowest BCUT2D eigenvalue weighted by Crippen LogP contribution is -2.28. The van der Waals surface area contributed by atoms with Gasteiger partial charge in [-0.25, -0.2) is 9.59 Å². The van der Waals surface area contributed by atoms with E-state index in [2.05, 4.69) is 0 Å². The second-order valence-electron chi connectivity index (χ2n) is 6.00. The van der Waals surface area contributed by atoms with Crippen LogP contribution in [0.15, 0.2) is 41.3 Å². The number of hydrogen-bond acceptors (Lipinski definition) is 7. The number of nitrogens with zero attached hydrogens (tertiary/aromatic N) is 1. The Morgan fingerprint density at radius 3 is 2.20 bits per heavy atom. The van der Waals surface area contributed by atoms with Crippen molar-refractivity contribution in [3.63, 3.8) is 0 Å². The fourth-order valence-electron chi connectivity index (χ4n) is 2.76. The van der Waals surface area contributed by atoms with Crippen molar-refractivity contribution < 1.29 is 34.1 Å². The first-order chi connectivity index (χ1) is 14.2. The van der Waals surface area contributed by atoms with Gasteiger partial charge in [-0.15, -0.1) is 0 Å². The SMILES string of the molecule is COc1ccc(/C=C2\SC(=S)N(c3cc(C(=O)O)cc(C(=O)O)c3)C2=O)c(OC)c1. The lowest BCUT2D eigenvalue weighted by Gasteiger charge is -2.16. The van der Waals surface area contributed by atoms with Gasteiger partial charge in [0.05, 0.1) is 35.9 Å². The number of carboxylic acid groups (broad SMARTS) is 2. The summed E-state index contributed by atoms with van der Waals surface area (Å²) in [6, 6.07) is 8.53. The Kier molecular flexibility index (Phi) is 6.09. The van der Waals surface area contributed by atoms with E-state index in [4.69, 9.17) is 21.7 Å². The summed E-state index contributed by atoms with van der Waals surface area (Å²) in [6.07, 6.45) is 1.59. The molecular weight excluding hydrogens is 430 g/mol. The molecule has 0 bridgehead atoms. The summed E-state index contributed by atoms with van der Waals surface area (Å²) in [7, 11) is 3.01. The first-order valence-corrected chi connectivity index (χ1v) is 9.59. The molecule has 1 fully saturated rings. The summed E-state index contributed by atoms with van der Waals surface area (Å²) in [6.45, 7) is 0. The van der Waals surface area contributed by atoms with Crippen LogP contribution < -0.4 is 14.4 Å². The molecular formula is C20H15NO7S2. The van der Waals surface area contributed by atoms with Gasteiger partial charge in [-0.3, -0.25) is 9.69 Å². The first kappa shape index (κ1) is 21.3. The number of thiocarbonyl (C=S) groups is 1. The minimum Gasteiger partial charge on any atom is -0.497 e. The topological polar surface area (TPSA) is 113 Å². The van der Waals surface area contributed by atoms with E-state index in [1.807, 2.05) is 0 Å². The van der Waals surface area contributed by atoms with Crippen LogP contribution in [0.5, 0.6) is 11.5 Å². The molecule has 154 valence electrons. The highest BCUT2D eigenvalue weighted by atomic mass is 32.2. The van der Waals surface area contributed by atoms with Crippen LogP contribution in [0, 0.1) is 0 Å². The van der Waals surface area contributed by atoms with Crippen LogP contribution in [0.2, 0.25) is 0 Å². The van der Waals surface area contributed by atoms with Crippen LogP contribution >= 0.6 is 24.0 Å². The minimum absolute atomic E-state index is 0.0693. The largest absolute Gasteiger partial charge is 0.497 e. The van der Waals surface area contributed by atoms with Gasteiger partial charge in [0.1, 0.15) is 11.5 Å². The number of carboxylic acids is 2. The molecule has 1 heterocycles. The zero-order valence-electron chi connectivity index (χ0n) is 15.7. The average molecular weight is 445 g/mol. The maximum absolute atomic E-state index is 13.0. The fourth-order valence-corrected chi connectivity index (χ4v) is 4.05. The number of thioether (sulfide) groups is 1. The van der Waals surface area contributed by atoms with E-state index < -0.39 is 17.8 Å². The Morgan fingerprint density at radius 1 is 1.03 bits per heavy atom. The highest BCUT2D eigenvalue weighted by molar-refractivity contribution is 8.27. The van der Waals surface area contributed by atoms with Crippen LogP contribution in [0.25, 0.3) is 6.08 Å². The highest BCUT2D eigenvalue weighted by Crippen LogP contribution is 2.38. The van der Waals surface area contributed by atoms with E-state index in [9.17, 15) is 24.6 Å². The zero-order valence-corrected chi connectivity index (χ0v) is 17.4. The van der Waals surface area contributed by atoms with Crippen molar-refractivity contribution >= 4 is 57.9 Å². The summed E-state index contributed by atoms with van der Waals surface area (Å²) in [5, 5.41) is 18.5. The Labute approximate surface area is 180 Å². The van der Waals surface area contributed by atoms with Crippen molar-refractivity contribution in [3.05, 3.63) is 58.0 Å². The van der Waals surface area contributed by atoms with Gasteiger partial charge in [-0.05, 0) is 36.4 Å². The van der Waals surface area contributed by atoms with Gasteiger partial charge in [-0.1, -0.05) is 24.0 Å². The predicted octanol–water partition coefficient (Wildman–Crippen LogP) is 3.51. The van der Waals surface area contributed by atoms with E-state index >= 15 is 0 Å². The van der Waals surface area contributed by atoms with Gasteiger partial charge in [0.25, 0.3) is 5.91 Å². The van der Waals surface area contributed by atoms with Crippen LogP contribution in [-0.2, 0) is 4.79 Å². The number of methoxy groups -OCH3 is 2. The molecule has 1 saturated heterocycles. The number of carbonyl (C=O) groups is 3. The number of rotatable bonds is 6. The molecule has 2 N–H and O–H groups in total. The lowest BCUT2D eigenvalue weighted by molar-refractivity contribution is -0.113. The van der Waals surface area contributed by atoms with Crippen LogP contribution in [0.1, 0.15) is 26.3 Å². The highest BCUT2D eigenvalue weighted by Gasteiger charge is 2.34. The van der Waals surface area contributed by atoms with E-state index in [-0.39, 0.29) is 26.0 Å². The van der Waals surface area contributed by atoms with Crippen molar-refractivity contribution in [1.29, 1.82) is 0 Å². The Balaban J connectivity index is 2.03. The van der Waals surface area contributed by atoms with Crippen LogP contribution in [0.4, 0.5) is 5.69 Å². The van der Waals surface area contributed by atoms with E-state index in [0.29, 0.717) is 17.1 Å². The molecule has 8 nitrogen and oxygen atoms in total. The smallest absolute Gasteiger partial charge is 0.335 e. The number of anilines is 1. The molecule has 3 rings (SSSR count). The predicted molar refractivity (Wildman–Crippen MR) is 116 cm³/mol. The monoisotopic (exact) mass is 445 g/mol. The molecule has 2 aromatic rings. The molecule has 1 amide bonds. The first-order valence-electron chi connectivity index (χ1n) is 8.36. The van der Waals surface area contributed by atoms with Gasteiger partial charge in [-0.2, -0.15) is 0 Å². The summed E-state index contributed by atoms with van der Waals surface area (Å²) >= 11 is 6.31. The third kappa shape index (κ3) is 4.14. The lowest BCUT2D eigenvalue weighted by atomic mass is 10.1. The summed E-state index contributed by atoms with van der Waals surface area (Å²) in [5.74, 6) is -2.06. The number of hydrogen-bond donors (Lipinski definition) is 2. The second-order valence-corrected chi connectivity index (χ2v) is 7.68. The average Bonchev–Trinajstić information content (AvgIpc) is 3.00.